The van der Waals surface area contributed by atoms with E-state index >= 15 is 0 Å². The summed E-state index contributed by atoms with van der Waals surface area (Å²) in [5.41, 5.74) is 5.91. The van der Waals surface area contributed by atoms with E-state index in [4.69, 9.17) is 4.74 Å². The van der Waals surface area contributed by atoms with Crippen molar-refractivity contribution in [3.8, 4) is 5.75 Å². The molecule has 2 heterocycles. The minimum Gasteiger partial charge on any atom is -0.495 e. The molecule has 3 aromatic carbocycles. The fourth-order valence-electron chi connectivity index (χ4n) is 5.34. The standard InChI is InChI=1S/C30H33N3O2/c1-22-9-8-10-23(19-22)25(26-21-31(2)27-12-5-4-11-24(26)27)20-30(34)33-17-15-32(16-18-33)28-13-6-7-14-29(28)35-3/h4-14,19,21,25H,15-18,20H2,1-3H3/t25-/m1/s1. The molecule has 5 nitrogen and oxygen atoms in total. The van der Waals surface area contributed by atoms with Crippen molar-refractivity contribution < 1.29 is 9.53 Å². The van der Waals surface area contributed by atoms with Crippen LogP contribution in [0.2, 0.25) is 0 Å². The number of carbonyl (C=O) groups is 1. The number of aryl methyl sites for hydroxylation is 2. The van der Waals surface area contributed by atoms with Crippen molar-refractivity contribution in [2.45, 2.75) is 19.3 Å². The second kappa shape index (κ2) is 9.87. The van der Waals surface area contributed by atoms with Crippen LogP contribution >= 0.6 is 0 Å². The van der Waals surface area contributed by atoms with Gasteiger partial charge in [-0.25, -0.2) is 0 Å². The van der Waals surface area contributed by atoms with E-state index in [0.29, 0.717) is 19.5 Å². The average Bonchev–Trinajstić information content (AvgIpc) is 3.23. The van der Waals surface area contributed by atoms with Gasteiger partial charge in [0.2, 0.25) is 5.91 Å². The second-order valence-electron chi connectivity index (χ2n) is 9.42. The maximum atomic E-state index is 13.6. The molecule has 1 aliphatic heterocycles. The summed E-state index contributed by atoms with van der Waals surface area (Å²) < 4.78 is 7.72. The maximum Gasteiger partial charge on any atom is 0.223 e. The fraction of sp³-hybridized carbons (Fsp3) is 0.300. The Labute approximate surface area is 207 Å². The Morgan fingerprint density at radius 3 is 2.46 bits per heavy atom. The number of rotatable bonds is 6. The first-order valence-electron chi connectivity index (χ1n) is 12.3. The topological polar surface area (TPSA) is 37.7 Å². The molecule has 1 fully saturated rings. The van der Waals surface area contributed by atoms with Gasteiger partial charge in [-0.15, -0.1) is 0 Å². The average molecular weight is 468 g/mol. The molecule has 0 saturated carbocycles. The molecule has 0 spiro atoms. The number of anilines is 1. The molecule has 1 amide bonds. The molecule has 0 N–H and O–H groups in total. The molecule has 1 aliphatic rings. The Balaban J connectivity index is 1.38. The maximum absolute atomic E-state index is 13.6. The third-order valence-corrected chi connectivity index (χ3v) is 7.18. The quantitative estimate of drug-likeness (QED) is 0.383. The number of benzene rings is 3. The van der Waals surface area contributed by atoms with Crippen LogP contribution in [0.1, 0.15) is 29.0 Å². The highest BCUT2D eigenvalue weighted by atomic mass is 16.5. The van der Waals surface area contributed by atoms with Gasteiger partial charge in [0.15, 0.2) is 0 Å². The first kappa shape index (κ1) is 23.0. The van der Waals surface area contributed by atoms with E-state index in [0.717, 1.165) is 24.5 Å². The highest BCUT2D eigenvalue weighted by Gasteiger charge is 2.28. The number of amides is 1. The molecule has 180 valence electrons. The highest BCUT2D eigenvalue weighted by Crippen LogP contribution is 2.35. The number of methoxy groups -OCH3 is 1. The number of ether oxygens (including phenoxy) is 1. The number of hydrogen-bond donors (Lipinski definition) is 0. The van der Waals surface area contributed by atoms with Gasteiger partial charge < -0.3 is 19.1 Å². The molecule has 1 saturated heterocycles. The molecule has 0 bridgehead atoms. The van der Waals surface area contributed by atoms with Crippen molar-refractivity contribution in [1.29, 1.82) is 0 Å². The van der Waals surface area contributed by atoms with E-state index in [1.807, 2.05) is 23.1 Å². The zero-order chi connectivity index (χ0) is 24.4. The number of carbonyl (C=O) groups excluding carboxylic acids is 1. The summed E-state index contributed by atoms with van der Waals surface area (Å²) in [4.78, 5) is 18.0. The zero-order valence-electron chi connectivity index (χ0n) is 20.8. The summed E-state index contributed by atoms with van der Waals surface area (Å²) in [7, 11) is 3.79. The van der Waals surface area contributed by atoms with Crippen LogP contribution in [0.4, 0.5) is 5.69 Å². The Morgan fingerprint density at radius 1 is 0.943 bits per heavy atom. The number of para-hydroxylation sites is 3. The Morgan fingerprint density at radius 2 is 1.69 bits per heavy atom. The van der Waals surface area contributed by atoms with E-state index in [-0.39, 0.29) is 11.8 Å². The van der Waals surface area contributed by atoms with Crippen molar-refractivity contribution in [1.82, 2.24) is 9.47 Å². The van der Waals surface area contributed by atoms with Crippen LogP contribution in [0.25, 0.3) is 10.9 Å². The predicted molar refractivity (Wildman–Crippen MR) is 142 cm³/mol. The van der Waals surface area contributed by atoms with Crippen molar-refractivity contribution >= 4 is 22.5 Å². The SMILES string of the molecule is COc1ccccc1N1CCN(C(=O)C[C@H](c2cccc(C)c2)c2cn(C)c3ccccc23)CC1. The first-order valence-corrected chi connectivity index (χ1v) is 12.3. The number of fused-ring (bicyclic) bond motifs is 1. The second-order valence-corrected chi connectivity index (χ2v) is 9.42. The monoisotopic (exact) mass is 467 g/mol. The Hall–Kier alpha value is -3.73. The molecule has 0 radical (unpaired) electrons. The van der Waals surface area contributed by atoms with Crippen LogP contribution in [0.5, 0.6) is 5.75 Å². The summed E-state index contributed by atoms with van der Waals surface area (Å²) in [6.45, 7) is 5.15. The van der Waals surface area contributed by atoms with Gasteiger partial charge in [-0.05, 0) is 36.2 Å². The highest BCUT2D eigenvalue weighted by molar-refractivity contribution is 5.86. The molecular weight excluding hydrogens is 434 g/mol. The van der Waals surface area contributed by atoms with Crippen molar-refractivity contribution in [2.75, 3.05) is 38.2 Å². The van der Waals surface area contributed by atoms with Crippen LogP contribution in [0.3, 0.4) is 0 Å². The van der Waals surface area contributed by atoms with E-state index in [1.165, 1.54) is 27.6 Å². The van der Waals surface area contributed by atoms with Gasteiger partial charge in [0.25, 0.3) is 0 Å². The van der Waals surface area contributed by atoms with Gasteiger partial charge in [0.05, 0.1) is 12.8 Å². The predicted octanol–water partition coefficient (Wildman–Crippen LogP) is 5.37. The number of nitrogens with zero attached hydrogens (tertiary/aromatic N) is 3. The number of aromatic nitrogens is 1. The fourth-order valence-corrected chi connectivity index (χ4v) is 5.34. The zero-order valence-corrected chi connectivity index (χ0v) is 20.8. The van der Waals surface area contributed by atoms with Gasteiger partial charge >= 0.3 is 0 Å². The summed E-state index contributed by atoms with van der Waals surface area (Å²) in [5.74, 6) is 1.10. The Kier molecular flexibility index (Phi) is 6.49. The smallest absolute Gasteiger partial charge is 0.223 e. The molecule has 4 aromatic rings. The van der Waals surface area contributed by atoms with Gasteiger partial charge in [-0.3, -0.25) is 4.79 Å². The lowest BCUT2D eigenvalue weighted by molar-refractivity contribution is -0.131. The molecular formula is C30H33N3O2. The molecule has 0 aliphatic carbocycles. The molecule has 35 heavy (non-hydrogen) atoms. The summed E-state index contributed by atoms with van der Waals surface area (Å²) in [6.07, 6.45) is 2.66. The number of piperazine rings is 1. The van der Waals surface area contributed by atoms with Crippen molar-refractivity contribution in [3.05, 3.63) is 95.7 Å². The van der Waals surface area contributed by atoms with Gasteiger partial charge in [0.1, 0.15) is 5.75 Å². The molecule has 5 heteroatoms. The lowest BCUT2D eigenvalue weighted by Crippen LogP contribution is -2.49. The third-order valence-electron chi connectivity index (χ3n) is 7.18. The molecule has 0 unspecified atom stereocenters. The molecule has 5 rings (SSSR count). The minimum absolute atomic E-state index is 0.0146. The van der Waals surface area contributed by atoms with Crippen LogP contribution < -0.4 is 9.64 Å². The third kappa shape index (κ3) is 4.63. The van der Waals surface area contributed by atoms with Crippen LogP contribution in [-0.2, 0) is 11.8 Å². The van der Waals surface area contributed by atoms with Gasteiger partial charge in [-0.1, -0.05) is 60.2 Å². The summed E-state index contributed by atoms with van der Waals surface area (Å²) in [5, 5.41) is 1.22. The van der Waals surface area contributed by atoms with Crippen molar-refractivity contribution in [2.24, 2.45) is 7.05 Å². The van der Waals surface area contributed by atoms with Crippen molar-refractivity contribution in [3.63, 3.8) is 0 Å². The lowest BCUT2D eigenvalue weighted by Gasteiger charge is -2.37. The van der Waals surface area contributed by atoms with E-state index in [1.54, 1.807) is 7.11 Å². The van der Waals surface area contributed by atoms with E-state index in [9.17, 15) is 4.79 Å². The van der Waals surface area contributed by atoms with Crippen LogP contribution in [-0.4, -0.2) is 48.7 Å². The van der Waals surface area contributed by atoms with E-state index in [2.05, 4.69) is 84.2 Å². The minimum atomic E-state index is 0.0146. The number of hydrogen-bond acceptors (Lipinski definition) is 3. The summed E-state index contributed by atoms with van der Waals surface area (Å²) in [6, 6.07) is 25.2. The largest absolute Gasteiger partial charge is 0.495 e. The van der Waals surface area contributed by atoms with Crippen LogP contribution in [0, 0.1) is 6.92 Å². The van der Waals surface area contributed by atoms with Gasteiger partial charge in [0, 0.05) is 62.7 Å². The Bertz CT molecular complexity index is 1330. The van der Waals surface area contributed by atoms with Gasteiger partial charge in [-0.2, -0.15) is 0 Å². The van der Waals surface area contributed by atoms with Crippen LogP contribution in [0.15, 0.2) is 79.0 Å². The molecule has 1 atom stereocenters. The molecule has 1 aromatic heterocycles. The first-order chi connectivity index (χ1) is 17.0. The van der Waals surface area contributed by atoms with E-state index < -0.39 is 0 Å². The normalized spacial score (nSPS) is 14.8. The summed E-state index contributed by atoms with van der Waals surface area (Å²) >= 11 is 0. The lowest BCUT2D eigenvalue weighted by atomic mass is 9.87.